The third-order valence-electron chi connectivity index (χ3n) is 24.4. The average molecular weight is 1690 g/mol. The van der Waals surface area contributed by atoms with Crippen molar-refractivity contribution in [1.29, 1.82) is 0 Å². The molecule has 0 spiro atoms. The Morgan fingerprint density at radius 3 is 0.731 bits per heavy atom. The van der Waals surface area contributed by atoms with Gasteiger partial charge in [0.2, 0.25) is 0 Å². The van der Waals surface area contributed by atoms with Crippen LogP contribution in [0.1, 0.15) is 27.7 Å². The molecule has 130 heavy (non-hydrogen) atoms. The van der Waals surface area contributed by atoms with Crippen molar-refractivity contribution in [3.05, 3.63) is 430 Å². The minimum Gasteiger partial charge on any atom is -0.399 e. The van der Waals surface area contributed by atoms with Crippen LogP contribution in [0.4, 0.5) is 0 Å². The lowest BCUT2D eigenvalue weighted by molar-refractivity contribution is 0.00578. The number of aromatic nitrogens is 10. The maximum atomic E-state index is 6.31. The molecule has 0 N–H and O–H groups in total. The highest BCUT2D eigenvalue weighted by molar-refractivity contribution is 6.62. The van der Waals surface area contributed by atoms with E-state index >= 15 is 0 Å². The van der Waals surface area contributed by atoms with Gasteiger partial charge >= 0.3 is 7.12 Å². The quantitative estimate of drug-likeness (QED) is 0.0754. The van der Waals surface area contributed by atoms with Gasteiger partial charge in [0, 0.05) is 71.8 Å². The Balaban J connectivity index is 0.000000126. The number of rotatable bonds is 14. The summed E-state index contributed by atoms with van der Waals surface area (Å²) < 4.78 is 12.4. The molecule has 1 aliphatic heterocycles. The zero-order chi connectivity index (χ0) is 87.7. The second kappa shape index (κ2) is 35.1. The molecule has 18 aromatic carbocycles. The predicted molar refractivity (Wildman–Crippen MR) is 534 cm³/mol. The number of benzene rings is 18. The van der Waals surface area contributed by atoms with Crippen molar-refractivity contribution in [1.82, 2.24) is 49.8 Å². The SMILES string of the molecule is CC1(C)OB(c2ccc(-c3cc(-c4ccccc4)nc(-c4ccccc4)n3)cc2)OC1(C)C.Clc1cccc(-c2nc(-c3ccccc3)nc(-c3ccc4c5ccccc5c5ccccc5c4c3)n2)c1.c1ccc(-c2cc(-c3ccc(-c4cccc(-c5nc(-c6ccccc6)nc(-c6ccc7c8ccccc8c8ccccc8c7c6)n5)c4)cc3)nc(-c3ccccc3)n2)cc1. The Morgan fingerprint density at radius 2 is 0.400 bits per heavy atom. The van der Waals surface area contributed by atoms with Crippen LogP contribution in [0.3, 0.4) is 0 Å². The van der Waals surface area contributed by atoms with Crippen molar-refractivity contribution < 1.29 is 9.31 Å². The number of hydrogen-bond acceptors (Lipinski definition) is 12. The molecular weight excluding hydrogens is 1610 g/mol. The first kappa shape index (κ1) is 81.0. The third-order valence-corrected chi connectivity index (χ3v) is 24.7. The number of nitrogens with zero attached hydrogens (tertiary/aromatic N) is 10. The highest BCUT2D eigenvalue weighted by Crippen LogP contribution is 2.43. The smallest absolute Gasteiger partial charge is 0.399 e. The highest BCUT2D eigenvalue weighted by atomic mass is 35.5. The fourth-order valence-corrected chi connectivity index (χ4v) is 17.2. The molecule has 22 aromatic rings. The summed E-state index contributed by atoms with van der Waals surface area (Å²) in [6.45, 7) is 8.27. The number of halogens is 1. The van der Waals surface area contributed by atoms with Gasteiger partial charge in [-0.3, -0.25) is 0 Å². The van der Waals surface area contributed by atoms with Crippen LogP contribution < -0.4 is 5.46 Å². The van der Waals surface area contributed by atoms with Crippen molar-refractivity contribution in [3.8, 4) is 147 Å². The maximum absolute atomic E-state index is 6.31. The van der Waals surface area contributed by atoms with Gasteiger partial charge in [-0.2, -0.15) is 0 Å². The van der Waals surface area contributed by atoms with Crippen molar-refractivity contribution in [2.24, 2.45) is 0 Å². The summed E-state index contributed by atoms with van der Waals surface area (Å²) in [5.41, 5.74) is 17.5. The third kappa shape index (κ3) is 16.5. The second-order valence-electron chi connectivity index (χ2n) is 33.3. The molecule has 1 fully saturated rings. The molecule has 0 amide bonds. The molecule has 0 aliphatic carbocycles. The van der Waals surface area contributed by atoms with Crippen molar-refractivity contribution in [2.75, 3.05) is 0 Å². The van der Waals surface area contributed by atoms with Crippen LogP contribution in [0.15, 0.2) is 425 Å². The first-order chi connectivity index (χ1) is 63.8. The largest absolute Gasteiger partial charge is 0.494 e. The molecule has 12 nitrogen and oxygen atoms in total. The van der Waals surface area contributed by atoms with Gasteiger partial charge in [0.15, 0.2) is 46.6 Å². The summed E-state index contributed by atoms with van der Waals surface area (Å²) in [4.78, 5) is 49.7. The second-order valence-corrected chi connectivity index (χ2v) is 33.8. The van der Waals surface area contributed by atoms with Crippen LogP contribution >= 0.6 is 11.6 Å². The first-order valence-corrected chi connectivity index (χ1v) is 43.9. The Labute approximate surface area is 758 Å². The molecule has 0 atom stereocenters. The van der Waals surface area contributed by atoms with E-state index in [9.17, 15) is 0 Å². The molecule has 618 valence electrons. The van der Waals surface area contributed by atoms with E-state index in [0.717, 1.165) is 106 Å². The minimum absolute atomic E-state index is 0.363. The van der Waals surface area contributed by atoms with Crippen molar-refractivity contribution >= 4 is 88.8 Å². The fourth-order valence-electron chi connectivity index (χ4n) is 17.0. The monoisotopic (exact) mass is 1690 g/mol. The topological polar surface area (TPSA) is 147 Å². The van der Waals surface area contributed by atoms with E-state index in [1.807, 2.05) is 188 Å². The van der Waals surface area contributed by atoms with Gasteiger partial charge in [-0.15, -0.1) is 0 Å². The van der Waals surface area contributed by atoms with Crippen LogP contribution in [-0.4, -0.2) is 68.2 Å². The van der Waals surface area contributed by atoms with Crippen molar-refractivity contribution in [2.45, 2.75) is 38.9 Å². The van der Waals surface area contributed by atoms with Gasteiger partial charge in [0.1, 0.15) is 0 Å². The van der Waals surface area contributed by atoms with E-state index < -0.39 is 0 Å². The van der Waals surface area contributed by atoms with E-state index in [1.165, 1.54) is 64.6 Å². The molecule has 1 saturated heterocycles. The van der Waals surface area contributed by atoms with E-state index in [4.69, 9.17) is 70.7 Å². The molecular formula is C116H82BClN10O2. The Kier molecular flexibility index (Phi) is 21.9. The van der Waals surface area contributed by atoms with E-state index in [2.05, 4.69) is 264 Å². The molecule has 5 heterocycles. The summed E-state index contributed by atoms with van der Waals surface area (Å²) in [5, 5.41) is 15.3. The highest BCUT2D eigenvalue weighted by Gasteiger charge is 2.51. The zero-order valence-electron chi connectivity index (χ0n) is 71.7. The van der Waals surface area contributed by atoms with E-state index in [-0.39, 0.29) is 18.3 Å². The van der Waals surface area contributed by atoms with Crippen LogP contribution in [0.25, 0.3) is 212 Å². The van der Waals surface area contributed by atoms with Gasteiger partial charge in [0.05, 0.1) is 34.0 Å². The normalized spacial score (nSPS) is 12.7. The molecule has 0 radical (unpaired) electrons. The lowest BCUT2D eigenvalue weighted by atomic mass is 9.79. The summed E-state index contributed by atoms with van der Waals surface area (Å²) in [5.74, 6) is 5.12. The lowest BCUT2D eigenvalue weighted by Crippen LogP contribution is -2.41. The molecule has 0 saturated carbocycles. The van der Waals surface area contributed by atoms with E-state index in [0.29, 0.717) is 51.6 Å². The molecule has 0 unspecified atom stereocenters. The molecule has 14 heteroatoms. The summed E-state index contributed by atoms with van der Waals surface area (Å²) >= 11 is 6.31. The Bertz CT molecular complexity index is 7780. The predicted octanol–water partition coefficient (Wildman–Crippen LogP) is 28.6. The first-order valence-electron chi connectivity index (χ1n) is 43.5. The Hall–Kier alpha value is -16.0. The van der Waals surface area contributed by atoms with Gasteiger partial charge in [-0.05, 0) is 151 Å². The molecule has 4 aromatic heterocycles. The van der Waals surface area contributed by atoms with Gasteiger partial charge in [-0.25, -0.2) is 49.8 Å². The average Bonchev–Trinajstić information content (AvgIpc) is 1.61. The molecule has 0 bridgehead atoms. The number of fused-ring (bicyclic) bond motifs is 12. The van der Waals surface area contributed by atoms with Crippen LogP contribution in [-0.2, 0) is 9.31 Å². The van der Waals surface area contributed by atoms with Crippen LogP contribution in [0.5, 0.6) is 0 Å². The maximum Gasteiger partial charge on any atom is 0.494 e. The summed E-state index contributed by atoms with van der Waals surface area (Å²) in [6.07, 6.45) is 0. The Morgan fingerprint density at radius 1 is 0.177 bits per heavy atom. The van der Waals surface area contributed by atoms with Crippen LogP contribution in [0.2, 0.25) is 5.02 Å². The van der Waals surface area contributed by atoms with Crippen molar-refractivity contribution in [3.63, 3.8) is 0 Å². The molecule has 23 rings (SSSR count). The fraction of sp³-hybridized carbons (Fsp3) is 0.0517. The summed E-state index contributed by atoms with van der Waals surface area (Å²) in [6, 6.07) is 145. The van der Waals surface area contributed by atoms with Crippen LogP contribution in [0, 0.1) is 0 Å². The minimum atomic E-state index is -0.380. The van der Waals surface area contributed by atoms with Gasteiger partial charge in [-0.1, -0.05) is 394 Å². The lowest BCUT2D eigenvalue weighted by Gasteiger charge is -2.32. The van der Waals surface area contributed by atoms with Gasteiger partial charge < -0.3 is 9.31 Å². The zero-order valence-corrected chi connectivity index (χ0v) is 72.4. The number of hydrogen-bond donors (Lipinski definition) is 0. The standard InChI is InChI=1S/C55H35N5.C33H20ClN3.C28H27BN2O2/c1-4-15-37(16-5-1)50-35-51(57-52(56-50)39-17-6-2-7-18-39)38-29-27-36(28-30-38)41-21-14-22-42(33-41)54-58-53(40-19-8-3-9-20-40)59-55(60-54)43-31-32-48-46-25-11-10-23-44(46)45-24-12-13-26-47(45)49(48)34-43;34-24-12-8-11-22(19-24)32-35-31(21-9-2-1-3-10-21)36-33(37-32)23-17-18-29-27-15-5-4-13-25(27)26-14-6-7-16-28(26)30(29)20-23;1-27(2)28(3,4)33-29(32-27)23-17-15-21(16-18-23)25-19-24(20-11-7-5-8-12-20)30-26(31-25)22-13-9-6-10-14-22/h1-35H;1-20H;5-19H,1-4H3. The van der Waals surface area contributed by atoms with E-state index in [1.54, 1.807) is 0 Å². The van der Waals surface area contributed by atoms with Gasteiger partial charge in [0.25, 0.3) is 0 Å². The summed E-state index contributed by atoms with van der Waals surface area (Å²) in [7, 11) is -0.380. The molecule has 1 aliphatic rings.